The summed E-state index contributed by atoms with van der Waals surface area (Å²) in [6.45, 7) is 7.64. The van der Waals surface area contributed by atoms with Crippen LogP contribution in [-0.2, 0) is 5.41 Å². The second-order valence-corrected chi connectivity index (χ2v) is 12.4. The Morgan fingerprint density at radius 2 is 1.84 bits per heavy atom. The van der Waals surface area contributed by atoms with Gasteiger partial charge in [0.15, 0.2) is 11.3 Å². The van der Waals surface area contributed by atoms with E-state index in [4.69, 9.17) is 0 Å². The lowest BCUT2D eigenvalue weighted by molar-refractivity contribution is 0.0689. The van der Waals surface area contributed by atoms with Crippen molar-refractivity contribution >= 4 is 29.0 Å². The molecule has 0 radical (unpaired) electrons. The fourth-order valence-electron chi connectivity index (χ4n) is 7.06. The maximum absolute atomic E-state index is 13.6. The van der Waals surface area contributed by atoms with Gasteiger partial charge in [-0.1, -0.05) is 43.3 Å². The van der Waals surface area contributed by atoms with Gasteiger partial charge in [-0.05, 0) is 42.7 Å². The quantitative estimate of drug-likeness (QED) is 0.380. The van der Waals surface area contributed by atoms with Gasteiger partial charge >= 0.3 is 5.97 Å². The number of carboxylic acids is 1. The molecule has 3 aliphatic heterocycles. The molecule has 3 saturated heterocycles. The molecular weight excluding hydrogens is 544 g/mol. The van der Waals surface area contributed by atoms with Crippen LogP contribution in [0.5, 0.6) is 0 Å². The number of anilines is 2. The highest BCUT2D eigenvalue weighted by molar-refractivity contribution is 5.91. The Labute approximate surface area is 249 Å². The number of aromatic carboxylic acids is 1. The zero-order valence-electron chi connectivity index (χ0n) is 24.1. The lowest BCUT2D eigenvalue weighted by atomic mass is 9.82. The summed E-state index contributed by atoms with van der Waals surface area (Å²) >= 11 is 0. The van der Waals surface area contributed by atoms with Crippen LogP contribution in [-0.4, -0.2) is 80.7 Å². The molecule has 1 amide bonds. The highest BCUT2D eigenvalue weighted by Gasteiger charge is 2.55. The van der Waals surface area contributed by atoms with Crippen molar-refractivity contribution in [3.05, 3.63) is 83.4 Å². The molecule has 3 aliphatic rings. The van der Waals surface area contributed by atoms with E-state index in [1.54, 1.807) is 21.5 Å². The van der Waals surface area contributed by atoms with Crippen LogP contribution in [0.1, 0.15) is 45.6 Å². The molecule has 218 valence electrons. The van der Waals surface area contributed by atoms with E-state index < -0.39 is 11.4 Å². The van der Waals surface area contributed by atoms with Crippen molar-refractivity contribution in [2.75, 3.05) is 49.1 Å². The lowest BCUT2D eigenvalue weighted by Crippen LogP contribution is -2.37. The van der Waals surface area contributed by atoms with Crippen LogP contribution in [0.4, 0.5) is 11.5 Å². The summed E-state index contributed by atoms with van der Waals surface area (Å²) in [5.74, 6) is -0.838. The number of amides is 1. The van der Waals surface area contributed by atoms with Gasteiger partial charge in [0.25, 0.3) is 5.91 Å². The second-order valence-electron chi connectivity index (χ2n) is 12.4. The summed E-state index contributed by atoms with van der Waals surface area (Å²) in [5, 5.41) is 24.2. The summed E-state index contributed by atoms with van der Waals surface area (Å²) in [6.07, 6.45) is 3.00. The molecule has 4 aromatic rings. The fourth-order valence-corrected chi connectivity index (χ4v) is 7.06. The third kappa shape index (κ3) is 4.45. The third-order valence-corrected chi connectivity index (χ3v) is 9.50. The predicted octanol–water partition coefficient (Wildman–Crippen LogP) is 3.40. The first-order chi connectivity index (χ1) is 20.7. The first kappa shape index (κ1) is 26.9. The Kier molecular flexibility index (Phi) is 6.13. The number of benzene rings is 1. The van der Waals surface area contributed by atoms with Crippen molar-refractivity contribution < 1.29 is 14.7 Å². The predicted molar refractivity (Wildman–Crippen MR) is 159 cm³/mol. The number of aromatic nitrogens is 4. The van der Waals surface area contributed by atoms with Crippen LogP contribution in [0.25, 0.3) is 5.65 Å². The Hall–Kier alpha value is -4.98. The fraction of sp³-hybridized carbons (Fsp3) is 0.375. The van der Waals surface area contributed by atoms with Gasteiger partial charge in [0, 0.05) is 50.6 Å². The molecule has 7 rings (SSSR count). The number of aryl methyl sites for hydroxylation is 1. The number of pyridine rings is 2. The summed E-state index contributed by atoms with van der Waals surface area (Å²) in [7, 11) is 0. The molecule has 3 aromatic heterocycles. The monoisotopic (exact) mass is 576 g/mol. The highest BCUT2D eigenvalue weighted by Crippen LogP contribution is 2.43. The summed E-state index contributed by atoms with van der Waals surface area (Å²) in [6, 6.07) is 20.1. The maximum atomic E-state index is 13.6. The molecule has 0 saturated carbocycles. The normalized spacial score (nSPS) is 24.9. The largest absolute Gasteiger partial charge is 0.477 e. The Morgan fingerprint density at radius 1 is 1.02 bits per heavy atom. The first-order valence-corrected chi connectivity index (χ1v) is 14.5. The number of nitriles is 1. The molecule has 43 heavy (non-hydrogen) atoms. The van der Waals surface area contributed by atoms with Gasteiger partial charge in [-0.3, -0.25) is 4.79 Å². The highest BCUT2D eigenvalue weighted by atomic mass is 16.4. The lowest BCUT2D eigenvalue weighted by Gasteiger charge is -2.26. The number of carbonyl (C=O) groups excluding carboxylic acids is 1. The number of hydrogen-bond donors (Lipinski definition) is 1. The summed E-state index contributed by atoms with van der Waals surface area (Å²) in [5.41, 5.74) is 3.21. The van der Waals surface area contributed by atoms with Crippen molar-refractivity contribution in [1.82, 2.24) is 24.5 Å². The molecule has 11 heteroatoms. The van der Waals surface area contributed by atoms with Crippen molar-refractivity contribution in [1.29, 1.82) is 5.26 Å². The minimum Gasteiger partial charge on any atom is -0.477 e. The van der Waals surface area contributed by atoms with Gasteiger partial charge in [-0.15, -0.1) is 5.10 Å². The van der Waals surface area contributed by atoms with Gasteiger partial charge in [-0.25, -0.2) is 19.3 Å². The van der Waals surface area contributed by atoms with Crippen LogP contribution in [0.3, 0.4) is 0 Å². The van der Waals surface area contributed by atoms with E-state index >= 15 is 0 Å². The van der Waals surface area contributed by atoms with E-state index in [0.717, 1.165) is 30.8 Å². The average molecular weight is 577 g/mol. The Bertz CT molecular complexity index is 1800. The number of carbonyl (C=O) groups is 2. The summed E-state index contributed by atoms with van der Waals surface area (Å²) < 4.78 is 1.70. The molecule has 3 fully saturated rings. The standard InChI is InChI=1S/C32H32N8O3/c1-21-13-24(37-12-11-31(2,18-37)22-7-4-3-5-8-22)16-40-28(21)35-27(36-40)29(41)39-15-23-14-38(19-32(23,17-33)20-39)26-10-6-9-25(34-26)30(42)43/h3-10,13,16,23H,11-12,14-15,18-20H2,1-2H3,(H,42,43)/t23?,31-,32?/m0/s1. The van der Waals surface area contributed by atoms with Crippen molar-refractivity contribution in [3.63, 3.8) is 0 Å². The molecule has 0 spiro atoms. The number of rotatable bonds is 5. The van der Waals surface area contributed by atoms with E-state index in [2.05, 4.69) is 63.3 Å². The van der Waals surface area contributed by atoms with Gasteiger partial charge in [0.2, 0.25) is 5.82 Å². The van der Waals surface area contributed by atoms with Crippen LogP contribution in [0.15, 0.2) is 60.8 Å². The molecule has 1 N–H and O–H groups in total. The van der Waals surface area contributed by atoms with Crippen LogP contribution in [0, 0.1) is 29.6 Å². The summed E-state index contributed by atoms with van der Waals surface area (Å²) in [4.78, 5) is 39.9. The Morgan fingerprint density at radius 3 is 2.58 bits per heavy atom. The number of fused-ring (bicyclic) bond motifs is 2. The zero-order chi connectivity index (χ0) is 29.9. The van der Waals surface area contributed by atoms with Gasteiger partial charge in [-0.2, -0.15) is 5.26 Å². The second kappa shape index (κ2) is 9.80. The van der Waals surface area contributed by atoms with Gasteiger partial charge in [0.1, 0.15) is 5.82 Å². The first-order valence-electron chi connectivity index (χ1n) is 14.5. The number of carboxylic acid groups (broad SMARTS) is 1. The van der Waals surface area contributed by atoms with Gasteiger partial charge < -0.3 is 19.8 Å². The van der Waals surface area contributed by atoms with Gasteiger partial charge in [0.05, 0.1) is 23.4 Å². The minimum atomic E-state index is -1.10. The van der Waals surface area contributed by atoms with E-state index in [1.807, 2.05) is 24.1 Å². The molecule has 0 aliphatic carbocycles. The number of hydrogen-bond acceptors (Lipinski definition) is 8. The molecule has 3 atom stereocenters. The maximum Gasteiger partial charge on any atom is 0.354 e. The minimum absolute atomic E-state index is 0.0383. The van der Waals surface area contributed by atoms with Crippen molar-refractivity contribution in [3.8, 4) is 6.07 Å². The number of likely N-dealkylation sites (tertiary alicyclic amines) is 1. The van der Waals surface area contributed by atoms with Crippen LogP contribution >= 0.6 is 0 Å². The molecule has 0 bridgehead atoms. The molecular formula is C32H32N8O3. The zero-order valence-corrected chi connectivity index (χ0v) is 24.1. The topological polar surface area (TPSA) is 131 Å². The average Bonchev–Trinajstić information content (AvgIpc) is 3.78. The molecule has 11 nitrogen and oxygen atoms in total. The molecule has 2 unspecified atom stereocenters. The van der Waals surface area contributed by atoms with E-state index in [0.29, 0.717) is 31.1 Å². The molecule has 6 heterocycles. The Balaban J connectivity index is 1.09. The van der Waals surface area contributed by atoms with E-state index in [9.17, 15) is 20.0 Å². The molecule has 1 aromatic carbocycles. The van der Waals surface area contributed by atoms with Crippen LogP contribution in [0.2, 0.25) is 0 Å². The SMILES string of the molecule is Cc1cc(N2CC[C@](C)(c3ccccc3)C2)cn2nc(C(=O)N3CC4CN(c5cccc(C(=O)O)n5)CC4(C#N)C3)nc12. The van der Waals surface area contributed by atoms with Crippen LogP contribution < -0.4 is 9.80 Å². The van der Waals surface area contributed by atoms with E-state index in [-0.39, 0.29) is 35.3 Å². The van der Waals surface area contributed by atoms with E-state index in [1.165, 1.54) is 11.6 Å². The third-order valence-electron chi connectivity index (χ3n) is 9.50. The smallest absolute Gasteiger partial charge is 0.354 e. The number of nitrogens with zero attached hydrogens (tertiary/aromatic N) is 8. The van der Waals surface area contributed by atoms with Crippen molar-refractivity contribution in [2.24, 2.45) is 11.3 Å². The van der Waals surface area contributed by atoms with Crippen molar-refractivity contribution in [2.45, 2.75) is 25.7 Å².